The lowest BCUT2D eigenvalue weighted by Crippen LogP contribution is -1.96. The minimum atomic E-state index is -0.191. The van der Waals surface area contributed by atoms with Crippen molar-refractivity contribution in [2.45, 2.75) is 0 Å². The summed E-state index contributed by atoms with van der Waals surface area (Å²) in [6.07, 6.45) is 0. The molecule has 1 aromatic heterocycles. The monoisotopic (exact) mass is 163 g/mol. The third-order valence-corrected chi connectivity index (χ3v) is 1.18. The Morgan fingerprint density at radius 1 is 1.22 bits per heavy atom. The zero-order valence-electron chi connectivity index (χ0n) is 4.32. The van der Waals surface area contributed by atoms with Crippen LogP contribution in [0, 0.1) is 0 Å². The van der Waals surface area contributed by atoms with Crippen molar-refractivity contribution in [2.24, 2.45) is 0 Å². The summed E-state index contributed by atoms with van der Waals surface area (Å²) in [6, 6.07) is 2.51. The maximum atomic E-state index is 10.5. The molecule has 0 saturated heterocycles. The van der Waals surface area contributed by atoms with E-state index in [0.717, 1.165) is 0 Å². The molecule has 0 amide bonds. The molecule has 1 aromatic rings. The van der Waals surface area contributed by atoms with E-state index in [2.05, 4.69) is 4.98 Å². The molecule has 1 heterocycles. The second-order valence-corrected chi connectivity index (χ2v) is 2.33. The minimum absolute atomic E-state index is 0.191. The number of hydrogen-bond donors (Lipinski definition) is 1. The Hall–Kier alpha value is -0.470. The third-order valence-electron chi connectivity index (χ3n) is 0.777. The maximum absolute atomic E-state index is 10.5. The first-order valence-corrected chi connectivity index (χ1v) is 2.99. The third kappa shape index (κ3) is 1.73. The van der Waals surface area contributed by atoms with Crippen LogP contribution in [0.15, 0.2) is 16.9 Å². The van der Waals surface area contributed by atoms with Crippen molar-refractivity contribution in [1.82, 2.24) is 4.98 Å². The molecule has 48 valence electrons. The number of nitrogens with one attached hydrogen (secondary N) is 1. The smallest absolute Gasteiger partial charge is 0.184 e. The van der Waals surface area contributed by atoms with Crippen LogP contribution in [0.3, 0.4) is 0 Å². The average Bonchev–Trinajstić information content (AvgIpc) is 1.59. The SMILES string of the molecule is O=c1cc(Cl)[nH]c(Cl)c1. The van der Waals surface area contributed by atoms with Gasteiger partial charge in [0.2, 0.25) is 0 Å². The van der Waals surface area contributed by atoms with Crippen LogP contribution in [0.5, 0.6) is 0 Å². The molecule has 1 rings (SSSR count). The van der Waals surface area contributed by atoms with Crippen LogP contribution in [0.1, 0.15) is 0 Å². The standard InChI is InChI=1S/C5H3Cl2NO/c6-4-1-3(9)2-5(7)8-4/h1-2H,(H,8,9). The predicted octanol–water partition coefficient (Wildman–Crippen LogP) is 1.68. The van der Waals surface area contributed by atoms with E-state index in [4.69, 9.17) is 23.2 Å². The zero-order chi connectivity index (χ0) is 6.85. The molecule has 0 aliphatic heterocycles. The van der Waals surface area contributed by atoms with Crippen molar-refractivity contribution >= 4 is 23.2 Å². The summed E-state index contributed by atoms with van der Waals surface area (Å²) in [6.45, 7) is 0. The van der Waals surface area contributed by atoms with E-state index in [-0.39, 0.29) is 15.7 Å². The van der Waals surface area contributed by atoms with Gasteiger partial charge >= 0.3 is 0 Å². The number of aromatic amines is 1. The molecule has 4 heteroatoms. The molecular formula is C5H3Cl2NO. The first-order valence-electron chi connectivity index (χ1n) is 2.24. The van der Waals surface area contributed by atoms with Gasteiger partial charge in [0.1, 0.15) is 10.3 Å². The number of pyridine rings is 1. The first-order chi connectivity index (χ1) is 4.18. The van der Waals surface area contributed by atoms with E-state index >= 15 is 0 Å². The van der Waals surface area contributed by atoms with E-state index in [1.54, 1.807) is 0 Å². The van der Waals surface area contributed by atoms with Crippen molar-refractivity contribution in [3.05, 3.63) is 32.7 Å². The van der Waals surface area contributed by atoms with Gasteiger partial charge in [-0.1, -0.05) is 23.2 Å². The zero-order valence-corrected chi connectivity index (χ0v) is 5.83. The molecule has 0 bridgehead atoms. The highest BCUT2D eigenvalue weighted by Gasteiger charge is 1.90. The fourth-order valence-electron chi connectivity index (χ4n) is 0.478. The van der Waals surface area contributed by atoms with Crippen LogP contribution in [0.4, 0.5) is 0 Å². The van der Waals surface area contributed by atoms with Crippen LogP contribution in [0.25, 0.3) is 0 Å². The van der Waals surface area contributed by atoms with Gasteiger partial charge in [0, 0.05) is 12.1 Å². The Balaban J connectivity index is 3.33. The minimum Gasteiger partial charge on any atom is -0.336 e. The van der Waals surface area contributed by atoms with Gasteiger partial charge in [-0.3, -0.25) is 4.79 Å². The number of rotatable bonds is 0. The van der Waals surface area contributed by atoms with E-state index < -0.39 is 0 Å². The summed E-state index contributed by atoms with van der Waals surface area (Å²) < 4.78 is 0. The van der Waals surface area contributed by atoms with Gasteiger partial charge in [0.25, 0.3) is 0 Å². The van der Waals surface area contributed by atoms with Crippen LogP contribution in [-0.4, -0.2) is 4.98 Å². The second-order valence-electron chi connectivity index (χ2n) is 1.51. The van der Waals surface area contributed by atoms with Gasteiger partial charge in [-0.25, -0.2) is 0 Å². The molecular weight excluding hydrogens is 161 g/mol. The Bertz CT molecular complexity index is 245. The maximum Gasteiger partial charge on any atom is 0.184 e. The molecule has 0 saturated carbocycles. The van der Waals surface area contributed by atoms with Gasteiger partial charge in [0.15, 0.2) is 5.43 Å². The summed E-state index contributed by atoms with van der Waals surface area (Å²) in [5.41, 5.74) is -0.191. The van der Waals surface area contributed by atoms with Crippen LogP contribution < -0.4 is 5.43 Å². The summed E-state index contributed by atoms with van der Waals surface area (Å²) >= 11 is 10.8. The molecule has 0 aliphatic carbocycles. The molecule has 2 nitrogen and oxygen atoms in total. The summed E-state index contributed by atoms with van der Waals surface area (Å²) in [5.74, 6) is 0. The van der Waals surface area contributed by atoms with Crippen molar-refractivity contribution in [2.75, 3.05) is 0 Å². The molecule has 0 atom stereocenters. The average molecular weight is 164 g/mol. The molecule has 0 aromatic carbocycles. The lowest BCUT2D eigenvalue weighted by Gasteiger charge is -1.88. The van der Waals surface area contributed by atoms with Crippen LogP contribution in [0.2, 0.25) is 10.3 Å². The van der Waals surface area contributed by atoms with E-state index in [0.29, 0.717) is 0 Å². The Labute approximate surface area is 61.4 Å². The molecule has 0 unspecified atom stereocenters. The van der Waals surface area contributed by atoms with E-state index in [1.165, 1.54) is 12.1 Å². The van der Waals surface area contributed by atoms with Crippen molar-refractivity contribution < 1.29 is 0 Å². The molecule has 1 N–H and O–H groups in total. The molecule has 0 radical (unpaired) electrons. The Morgan fingerprint density at radius 3 is 2.00 bits per heavy atom. The van der Waals surface area contributed by atoms with Crippen molar-refractivity contribution in [1.29, 1.82) is 0 Å². The van der Waals surface area contributed by atoms with Gasteiger partial charge < -0.3 is 4.98 Å². The summed E-state index contributed by atoms with van der Waals surface area (Å²) in [7, 11) is 0. The lowest BCUT2D eigenvalue weighted by atomic mass is 10.5. The largest absolute Gasteiger partial charge is 0.336 e. The molecule has 0 aliphatic rings. The highest BCUT2D eigenvalue weighted by molar-refractivity contribution is 6.32. The van der Waals surface area contributed by atoms with E-state index in [9.17, 15) is 4.79 Å². The molecule has 0 fully saturated rings. The van der Waals surface area contributed by atoms with Gasteiger partial charge in [0.05, 0.1) is 0 Å². The van der Waals surface area contributed by atoms with Gasteiger partial charge in [-0.05, 0) is 0 Å². The van der Waals surface area contributed by atoms with E-state index in [1.807, 2.05) is 0 Å². The fourth-order valence-corrected chi connectivity index (χ4v) is 0.945. The second kappa shape index (κ2) is 2.42. The van der Waals surface area contributed by atoms with Crippen LogP contribution >= 0.6 is 23.2 Å². The van der Waals surface area contributed by atoms with Gasteiger partial charge in [-0.2, -0.15) is 0 Å². The highest BCUT2D eigenvalue weighted by Crippen LogP contribution is 2.04. The number of aromatic nitrogens is 1. The Kier molecular flexibility index (Phi) is 1.78. The van der Waals surface area contributed by atoms with Crippen LogP contribution in [-0.2, 0) is 0 Å². The highest BCUT2D eigenvalue weighted by atomic mass is 35.5. The topological polar surface area (TPSA) is 32.9 Å². The van der Waals surface area contributed by atoms with Crippen molar-refractivity contribution in [3.8, 4) is 0 Å². The lowest BCUT2D eigenvalue weighted by molar-refractivity contribution is 1.30. The predicted molar refractivity (Wildman–Crippen MR) is 37.1 cm³/mol. The normalized spacial score (nSPS) is 9.56. The fraction of sp³-hybridized carbons (Fsp3) is 0. The quantitative estimate of drug-likeness (QED) is 0.581. The van der Waals surface area contributed by atoms with Gasteiger partial charge in [-0.15, -0.1) is 0 Å². The van der Waals surface area contributed by atoms with Crippen molar-refractivity contribution in [3.63, 3.8) is 0 Å². The first kappa shape index (κ1) is 6.65. The number of H-pyrrole nitrogens is 1. The molecule has 0 spiro atoms. The number of hydrogen-bond acceptors (Lipinski definition) is 1. The summed E-state index contributed by atoms with van der Waals surface area (Å²) in [4.78, 5) is 13.1. The summed E-state index contributed by atoms with van der Waals surface area (Å²) in [5, 5.41) is 0.514. The molecule has 9 heavy (non-hydrogen) atoms. The number of halogens is 2. The Morgan fingerprint density at radius 2 is 1.67 bits per heavy atom.